The number of nitrogens with two attached hydrogens (primary N) is 1. The first-order valence-electron chi connectivity index (χ1n) is 12.1. The first-order chi connectivity index (χ1) is 17.8. The fourth-order valence-corrected chi connectivity index (χ4v) is 6.12. The number of aliphatic hydroxyl groups excluding tert-OH is 2. The molecule has 1 saturated carbocycles. The zero-order valence-electron chi connectivity index (χ0n) is 20.5. The second-order valence-corrected chi connectivity index (χ2v) is 10.4. The van der Waals surface area contributed by atoms with Crippen molar-refractivity contribution in [3.8, 4) is 16.9 Å². The SMILES string of the molecule is CC(C)c1cc(-c2ccc(F)c(F)c2)c(O)c2c1C[C@H]1C[C@H]3CC(=O)C(C(N)=O)=C(O)[C@@]3(O)C(=O)C1=C2O. The van der Waals surface area contributed by atoms with Gasteiger partial charge in [0.2, 0.25) is 5.78 Å². The third kappa shape index (κ3) is 3.39. The number of fused-ring (bicyclic) bond motifs is 3. The molecule has 6 N–H and O–H groups in total. The van der Waals surface area contributed by atoms with Gasteiger partial charge >= 0.3 is 0 Å². The van der Waals surface area contributed by atoms with E-state index < -0.39 is 75.8 Å². The quantitative estimate of drug-likeness (QED) is 0.384. The number of amides is 1. The zero-order chi connectivity index (χ0) is 27.8. The third-order valence-corrected chi connectivity index (χ3v) is 7.95. The molecule has 0 unspecified atom stereocenters. The van der Waals surface area contributed by atoms with E-state index in [1.54, 1.807) is 6.07 Å². The number of aromatic hydroxyl groups is 1. The van der Waals surface area contributed by atoms with Crippen molar-refractivity contribution in [2.45, 2.75) is 44.6 Å². The van der Waals surface area contributed by atoms with Crippen molar-refractivity contribution in [2.75, 3.05) is 0 Å². The Morgan fingerprint density at radius 2 is 1.76 bits per heavy atom. The van der Waals surface area contributed by atoms with Crippen molar-refractivity contribution >= 4 is 23.2 Å². The molecule has 0 aliphatic heterocycles. The molecule has 3 aliphatic rings. The summed E-state index contributed by atoms with van der Waals surface area (Å²) in [6, 6.07) is 4.71. The van der Waals surface area contributed by atoms with Crippen LogP contribution in [-0.4, -0.2) is 43.5 Å². The molecule has 1 amide bonds. The highest BCUT2D eigenvalue weighted by Gasteiger charge is 2.60. The number of aliphatic hydroxyl groups is 3. The minimum atomic E-state index is -2.66. The molecule has 3 aliphatic carbocycles. The molecule has 2 aromatic carbocycles. The van der Waals surface area contributed by atoms with Crippen LogP contribution in [0.25, 0.3) is 16.9 Å². The van der Waals surface area contributed by atoms with Crippen LogP contribution in [0.1, 0.15) is 49.3 Å². The van der Waals surface area contributed by atoms with E-state index in [4.69, 9.17) is 5.73 Å². The molecule has 2 aromatic rings. The van der Waals surface area contributed by atoms with Crippen LogP contribution in [0.3, 0.4) is 0 Å². The lowest BCUT2D eigenvalue weighted by Gasteiger charge is -2.46. The summed E-state index contributed by atoms with van der Waals surface area (Å²) in [5.74, 6) is -9.53. The third-order valence-electron chi connectivity index (χ3n) is 7.95. The van der Waals surface area contributed by atoms with Gasteiger partial charge in [-0.05, 0) is 59.6 Å². The Morgan fingerprint density at radius 3 is 2.37 bits per heavy atom. The van der Waals surface area contributed by atoms with Gasteiger partial charge in [0.05, 0.1) is 5.56 Å². The standard InChI is InChI=1S/C28H25F2NO7/c1-10(2)14-9-15(11-3-4-17(29)18(30)7-11)23(33)21-16(14)6-12-5-13-8-19(32)22(27(31)37)26(36)28(13,38)25(35)20(12)24(21)34/h3-4,7,9-10,12-13,33-34,36,38H,5-6,8H2,1-2H3,(H2,31,37)/t12-,13+,28+/m1/s1. The first-order valence-corrected chi connectivity index (χ1v) is 12.1. The maximum Gasteiger partial charge on any atom is 0.255 e. The van der Waals surface area contributed by atoms with Crippen LogP contribution in [0.5, 0.6) is 5.75 Å². The molecular formula is C28H25F2NO7. The molecule has 0 bridgehead atoms. The van der Waals surface area contributed by atoms with E-state index in [0.717, 1.165) is 12.1 Å². The zero-order valence-corrected chi connectivity index (χ0v) is 20.5. The molecule has 0 radical (unpaired) electrons. The maximum absolute atomic E-state index is 14.0. The number of halogens is 2. The van der Waals surface area contributed by atoms with Gasteiger partial charge in [-0.25, -0.2) is 8.78 Å². The summed E-state index contributed by atoms with van der Waals surface area (Å²) in [6.45, 7) is 3.74. The molecule has 10 heteroatoms. The van der Waals surface area contributed by atoms with Crippen molar-refractivity contribution in [1.82, 2.24) is 0 Å². The van der Waals surface area contributed by atoms with Gasteiger partial charge in [0.1, 0.15) is 22.8 Å². The number of phenols is 1. The molecule has 0 aromatic heterocycles. The van der Waals surface area contributed by atoms with Crippen LogP contribution >= 0.6 is 0 Å². The second-order valence-electron chi connectivity index (χ2n) is 10.4. The number of ketones is 2. The lowest BCUT2D eigenvalue weighted by molar-refractivity contribution is -0.147. The number of phenolic OH excluding ortho intramolecular Hbond substituents is 1. The van der Waals surface area contributed by atoms with Gasteiger partial charge in [0, 0.05) is 23.5 Å². The minimum Gasteiger partial charge on any atom is -0.508 e. The van der Waals surface area contributed by atoms with Crippen molar-refractivity contribution in [3.05, 3.63) is 69.5 Å². The second kappa shape index (κ2) is 8.49. The molecule has 3 atom stereocenters. The molecular weight excluding hydrogens is 500 g/mol. The van der Waals surface area contributed by atoms with Crippen LogP contribution < -0.4 is 5.73 Å². The van der Waals surface area contributed by atoms with Gasteiger partial charge in [-0.15, -0.1) is 0 Å². The van der Waals surface area contributed by atoms with Crippen LogP contribution in [0.4, 0.5) is 8.78 Å². The van der Waals surface area contributed by atoms with Crippen LogP contribution in [-0.2, 0) is 20.8 Å². The fraction of sp³-hybridized carbons (Fsp3) is 0.321. The summed E-state index contributed by atoms with van der Waals surface area (Å²) in [4.78, 5) is 38.0. The summed E-state index contributed by atoms with van der Waals surface area (Å²) in [7, 11) is 0. The molecule has 0 saturated heterocycles. The number of hydrogen-bond acceptors (Lipinski definition) is 7. The summed E-state index contributed by atoms with van der Waals surface area (Å²) in [5, 5.41) is 44.7. The van der Waals surface area contributed by atoms with Crippen LogP contribution in [0.15, 0.2) is 41.2 Å². The van der Waals surface area contributed by atoms with E-state index in [-0.39, 0.29) is 41.0 Å². The predicted molar refractivity (Wildman–Crippen MR) is 131 cm³/mol. The van der Waals surface area contributed by atoms with E-state index in [0.29, 0.717) is 11.1 Å². The van der Waals surface area contributed by atoms with Crippen molar-refractivity contribution in [3.63, 3.8) is 0 Å². The normalized spacial score (nSPS) is 24.9. The Morgan fingerprint density at radius 1 is 1.08 bits per heavy atom. The summed E-state index contributed by atoms with van der Waals surface area (Å²) >= 11 is 0. The Bertz CT molecular complexity index is 1520. The highest BCUT2D eigenvalue weighted by atomic mass is 19.2. The van der Waals surface area contributed by atoms with Crippen molar-refractivity contribution in [2.24, 2.45) is 17.6 Å². The number of carbonyl (C=O) groups is 3. The Kier molecular flexibility index (Phi) is 5.72. The number of primary amides is 1. The average Bonchev–Trinajstić information content (AvgIpc) is 2.83. The van der Waals surface area contributed by atoms with E-state index in [2.05, 4.69) is 0 Å². The lowest BCUT2D eigenvalue weighted by atomic mass is 9.59. The molecule has 5 rings (SSSR count). The summed E-state index contributed by atoms with van der Waals surface area (Å²) in [6.07, 6.45) is -0.223. The van der Waals surface area contributed by atoms with Crippen LogP contribution in [0, 0.1) is 23.5 Å². The fourth-order valence-electron chi connectivity index (χ4n) is 6.12. The van der Waals surface area contributed by atoms with Gasteiger partial charge < -0.3 is 26.2 Å². The predicted octanol–water partition coefficient (Wildman–Crippen LogP) is 3.49. The Hall–Kier alpha value is -4.05. The molecule has 0 heterocycles. The topological polar surface area (TPSA) is 158 Å². The maximum atomic E-state index is 14.0. The number of benzene rings is 2. The molecule has 0 spiro atoms. The van der Waals surface area contributed by atoms with Gasteiger partial charge in [0.15, 0.2) is 23.0 Å². The molecule has 198 valence electrons. The Labute approximate surface area is 215 Å². The smallest absolute Gasteiger partial charge is 0.255 e. The highest BCUT2D eigenvalue weighted by molar-refractivity contribution is 6.22. The van der Waals surface area contributed by atoms with Gasteiger partial charge in [0.25, 0.3) is 5.91 Å². The number of carbonyl (C=O) groups excluding carboxylic acids is 3. The van der Waals surface area contributed by atoms with Gasteiger partial charge in [-0.2, -0.15) is 0 Å². The number of rotatable bonds is 3. The molecule has 8 nitrogen and oxygen atoms in total. The van der Waals surface area contributed by atoms with E-state index in [9.17, 15) is 43.6 Å². The number of hydrogen-bond donors (Lipinski definition) is 5. The minimum absolute atomic E-state index is 0.0200. The van der Waals surface area contributed by atoms with E-state index in [1.807, 2.05) is 13.8 Å². The monoisotopic (exact) mass is 525 g/mol. The van der Waals surface area contributed by atoms with Crippen molar-refractivity contribution < 1.29 is 43.6 Å². The molecule has 1 fully saturated rings. The number of Topliss-reactive ketones (excluding diaryl/α,β-unsaturated/α-hetero) is 2. The lowest BCUT2D eigenvalue weighted by Crippen LogP contribution is -2.58. The van der Waals surface area contributed by atoms with Crippen molar-refractivity contribution in [1.29, 1.82) is 0 Å². The molecule has 38 heavy (non-hydrogen) atoms. The van der Waals surface area contributed by atoms with Gasteiger partial charge in [-0.1, -0.05) is 19.9 Å². The first kappa shape index (κ1) is 25.6. The van der Waals surface area contributed by atoms with Gasteiger partial charge in [-0.3, -0.25) is 14.4 Å². The average molecular weight is 526 g/mol. The highest BCUT2D eigenvalue weighted by Crippen LogP contribution is 2.54. The largest absolute Gasteiger partial charge is 0.508 e. The summed E-state index contributed by atoms with van der Waals surface area (Å²) < 4.78 is 27.6. The van der Waals surface area contributed by atoms with E-state index in [1.165, 1.54) is 6.07 Å². The summed E-state index contributed by atoms with van der Waals surface area (Å²) in [5.41, 5.74) is 2.78. The van der Waals surface area contributed by atoms with Crippen LogP contribution in [0.2, 0.25) is 0 Å². The van der Waals surface area contributed by atoms with E-state index >= 15 is 0 Å². The Balaban J connectivity index is 1.75.